The lowest BCUT2D eigenvalue weighted by Gasteiger charge is -2.20. The van der Waals surface area contributed by atoms with Gasteiger partial charge >= 0.3 is 6.03 Å². The molecule has 0 bridgehead atoms. The fourth-order valence-electron chi connectivity index (χ4n) is 2.19. The Kier molecular flexibility index (Phi) is 4.10. The second kappa shape index (κ2) is 6.01. The first-order valence-corrected chi connectivity index (χ1v) is 7.81. The van der Waals surface area contributed by atoms with E-state index in [1.165, 1.54) is 16.2 Å². The van der Waals surface area contributed by atoms with Gasteiger partial charge in [0.25, 0.3) is 0 Å². The van der Waals surface area contributed by atoms with Crippen LogP contribution in [-0.2, 0) is 13.0 Å². The molecule has 0 aliphatic carbocycles. The number of likely N-dealkylation sites (N-methyl/N-ethyl adjacent to an activating group) is 1. The zero-order chi connectivity index (χ0) is 14.8. The molecule has 0 fully saturated rings. The van der Waals surface area contributed by atoms with E-state index in [9.17, 15) is 4.79 Å². The number of para-hydroxylation sites is 1. The first-order valence-electron chi connectivity index (χ1n) is 6.61. The van der Waals surface area contributed by atoms with Crippen LogP contribution in [0, 0.1) is 0 Å². The minimum absolute atomic E-state index is 0.331. The van der Waals surface area contributed by atoms with Crippen LogP contribution in [0.15, 0.2) is 24.3 Å². The summed E-state index contributed by atoms with van der Waals surface area (Å²) < 4.78 is 0. The van der Waals surface area contributed by atoms with Gasteiger partial charge in [-0.05, 0) is 19.2 Å². The average molecular weight is 323 g/mol. The number of hydrogen-bond acceptors (Lipinski definition) is 4. The molecule has 5 nitrogen and oxygen atoms in total. The minimum atomic E-state index is -0.331. The molecule has 21 heavy (non-hydrogen) atoms. The molecule has 2 amide bonds. The van der Waals surface area contributed by atoms with Crippen molar-refractivity contribution in [3.63, 3.8) is 0 Å². The molecule has 0 saturated carbocycles. The highest BCUT2D eigenvalue weighted by Gasteiger charge is 2.19. The Bertz CT molecular complexity index is 673. The Labute approximate surface area is 131 Å². The van der Waals surface area contributed by atoms with Gasteiger partial charge < -0.3 is 10.2 Å². The Morgan fingerprint density at radius 3 is 3.00 bits per heavy atom. The van der Waals surface area contributed by atoms with Gasteiger partial charge in [0.1, 0.15) is 0 Å². The van der Waals surface area contributed by atoms with Crippen molar-refractivity contribution in [2.24, 2.45) is 0 Å². The molecule has 3 rings (SSSR count). The molecule has 0 saturated heterocycles. The highest BCUT2D eigenvalue weighted by Crippen LogP contribution is 2.28. The summed E-state index contributed by atoms with van der Waals surface area (Å²) in [5.74, 6) is 0. The van der Waals surface area contributed by atoms with Gasteiger partial charge in [-0.25, -0.2) is 9.78 Å². The third-order valence-electron chi connectivity index (χ3n) is 3.26. The molecule has 1 aromatic heterocycles. The highest BCUT2D eigenvalue weighted by atomic mass is 35.5. The van der Waals surface area contributed by atoms with Crippen molar-refractivity contribution < 1.29 is 4.79 Å². The number of benzene rings is 1. The molecule has 0 unspecified atom stereocenters. The number of urea groups is 1. The number of thiazole rings is 1. The van der Waals surface area contributed by atoms with Crippen molar-refractivity contribution in [3.05, 3.63) is 39.9 Å². The lowest BCUT2D eigenvalue weighted by molar-refractivity contribution is 0.262. The third-order valence-corrected chi connectivity index (χ3v) is 4.59. The van der Waals surface area contributed by atoms with Crippen LogP contribution in [0.3, 0.4) is 0 Å². The SMILES string of the molecule is CN1CCc2nc(NC(=O)Nc3ccccc3Cl)sc2C1. The predicted molar refractivity (Wildman–Crippen MR) is 86.2 cm³/mol. The van der Waals surface area contributed by atoms with E-state index in [1.54, 1.807) is 12.1 Å². The van der Waals surface area contributed by atoms with Crippen LogP contribution in [0.4, 0.5) is 15.6 Å². The van der Waals surface area contributed by atoms with E-state index in [0.717, 1.165) is 25.2 Å². The standard InChI is InChI=1S/C14H15ClN4OS/c1-19-7-6-11-12(8-19)21-14(17-11)18-13(20)16-10-5-3-2-4-9(10)15/h2-5H,6-8H2,1H3,(H2,16,17,18,20). The summed E-state index contributed by atoms with van der Waals surface area (Å²) in [6.45, 7) is 1.89. The van der Waals surface area contributed by atoms with E-state index in [1.807, 2.05) is 12.1 Å². The van der Waals surface area contributed by atoms with Crippen LogP contribution in [0.1, 0.15) is 10.6 Å². The lowest BCUT2D eigenvalue weighted by atomic mass is 10.2. The summed E-state index contributed by atoms with van der Waals surface area (Å²) >= 11 is 7.53. The smallest absolute Gasteiger partial charge is 0.306 e. The van der Waals surface area contributed by atoms with Crippen molar-refractivity contribution in [2.75, 3.05) is 24.2 Å². The highest BCUT2D eigenvalue weighted by molar-refractivity contribution is 7.15. The van der Waals surface area contributed by atoms with Crippen molar-refractivity contribution >= 4 is 39.8 Å². The zero-order valence-corrected chi connectivity index (χ0v) is 13.1. The normalized spacial score (nSPS) is 14.6. The molecule has 0 spiro atoms. The van der Waals surface area contributed by atoms with E-state index in [2.05, 4.69) is 27.6 Å². The van der Waals surface area contributed by atoms with Crippen molar-refractivity contribution in [1.29, 1.82) is 0 Å². The number of carbonyl (C=O) groups is 1. The summed E-state index contributed by atoms with van der Waals surface area (Å²) in [4.78, 5) is 19.9. The fraction of sp³-hybridized carbons (Fsp3) is 0.286. The molecule has 2 N–H and O–H groups in total. The molecule has 2 heterocycles. The Morgan fingerprint density at radius 1 is 1.38 bits per heavy atom. The first-order chi connectivity index (χ1) is 10.1. The van der Waals surface area contributed by atoms with Crippen LogP contribution in [0.5, 0.6) is 0 Å². The van der Waals surface area contributed by atoms with Crippen LogP contribution in [0.25, 0.3) is 0 Å². The summed E-state index contributed by atoms with van der Waals surface area (Å²) in [6, 6.07) is 6.79. The lowest BCUT2D eigenvalue weighted by Crippen LogP contribution is -2.25. The molecule has 110 valence electrons. The zero-order valence-electron chi connectivity index (χ0n) is 11.5. The molecule has 1 aromatic carbocycles. The van der Waals surface area contributed by atoms with Crippen molar-refractivity contribution in [2.45, 2.75) is 13.0 Å². The quantitative estimate of drug-likeness (QED) is 0.890. The number of hydrogen-bond donors (Lipinski definition) is 2. The maximum atomic E-state index is 12.0. The molecule has 7 heteroatoms. The maximum Gasteiger partial charge on any atom is 0.325 e. The topological polar surface area (TPSA) is 57.3 Å². The van der Waals surface area contributed by atoms with E-state index >= 15 is 0 Å². The van der Waals surface area contributed by atoms with E-state index in [-0.39, 0.29) is 6.03 Å². The van der Waals surface area contributed by atoms with Gasteiger partial charge in [0.05, 0.1) is 16.4 Å². The number of rotatable bonds is 2. The number of carbonyl (C=O) groups excluding carboxylic acids is 1. The third kappa shape index (κ3) is 3.34. The summed E-state index contributed by atoms with van der Waals surface area (Å²) in [5, 5.41) is 6.62. The van der Waals surface area contributed by atoms with E-state index in [0.29, 0.717) is 15.8 Å². The van der Waals surface area contributed by atoms with Crippen LogP contribution in [0.2, 0.25) is 5.02 Å². The van der Waals surface area contributed by atoms with Crippen LogP contribution in [-0.4, -0.2) is 29.5 Å². The molecule has 1 aliphatic heterocycles. The summed E-state index contributed by atoms with van der Waals surface area (Å²) in [5.41, 5.74) is 1.67. The monoisotopic (exact) mass is 322 g/mol. The van der Waals surface area contributed by atoms with E-state index < -0.39 is 0 Å². The Balaban J connectivity index is 1.67. The maximum absolute atomic E-state index is 12.0. The Hall–Kier alpha value is -1.63. The van der Waals surface area contributed by atoms with Gasteiger partial charge in [0.15, 0.2) is 5.13 Å². The van der Waals surface area contributed by atoms with Gasteiger partial charge in [-0.3, -0.25) is 5.32 Å². The van der Waals surface area contributed by atoms with Gasteiger partial charge in [-0.2, -0.15) is 0 Å². The van der Waals surface area contributed by atoms with Crippen LogP contribution < -0.4 is 10.6 Å². The summed E-state index contributed by atoms with van der Waals surface area (Å²) in [6.07, 6.45) is 0.927. The molecule has 1 aliphatic rings. The second-order valence-corrected chi connectivity index (χ2v) is 6.43. The first kappa shape index (κ1) is 14.3. The number of anilines is 2. The van der Waals surface area contributed by atoms with Crippen molar-refractivity contribution in [3.8, 4) is 0 Å². The molecular weight excluding hydrogens is 308 g/mol. The predicted octanol–water partition coefficient (Wildman–Crippen LogP) is 3.43. The molecular formula is C14H15ClN4OS. The summed E-state index contributed by atoms with van der Waals surface area (Å²) in [7, 11) is 2.08. The van der Waals surface area contributed by atoms with Gasteiger partial charge in [0.2, 0.25) is 0 Å². The Morgan fingerprint density at radius 2 is 2.19 bits per heavy atom. The molecule has 2 aromatic rings. The number of aromatic nitrogens is 1. The van der Waals surface area contributed by atoms with Gasteiger partial charge in [0, 0.05) is 24.4 Å². The van der Waals surface area contributed by atoms with Gasteiger partial charge in [-0.1, -0.05) is 23.7 Å². The fourth-order valence-corrected chi connectivity index (χ4v) is 3.46. The number of amides is 2. The minimum Gasteiger partial charge on any atom is -0.306 e. The molecule has 0 atom stereocenters. The number of fused-ring (bicyclic) bond motifs is 1. The second-order valence-electron chi connectivity index (χ2n) is 4.94. The average Bonchev–Trinajstić information content (AvgIpc) is 2.82. The number of nitrogens with one attached hydrogen (secondary N) is 2. The molecule has 0 radical (unpaired) electrons. The largest absolute Gasteiger partial charge is 0.325 e. The number of halogens is 1. The number of nitrogens with zero attached hydrogens (tertiary/aromatic N) is 2. The van der Waals surface area contributed by atoms with Gasteiger partial charge in [-0.15, -0.1) is 11.3 Å². The van der Waals surface area contributed by atoms with E-state index in [4.69, 9.17) is 11.6 Å². The van der Waals surface area contributed by atoms with Crippen molar-refractivity contribution in [1.82, 2.24) is 9.88 Å². The van der Waals surface area contributed by atoms with Crippen LogP contribution >= 0.6 is 22.9 Å².